The van der Waals surface area contributed by atoms with Gasteiger partial charge < -0.3 is 5.32 Å². The van der Waals surface area contributed by atoms with Crippen LogP contribution in [0.1, 0.15) is 39.5 Å². The Morgan fingerprint density at radius 3 is 2.00 bits per heavy atom. The van der Waals surface area contributed by atoms with Crippen LogP contribution in [0.2, 0.25) is 0 Å². The molecule has 9 heteroatoms. The Morgan fingerprint density at radius 2 is 1.42 bits per heavy atom. The van der Waals surface area contributed by atoms with Crippen molar-refractivity contribution in [3.8, 4) is 0 Å². The second kappa shape index (κ2) is 10.0. The van der Waals surface area contributed by atoms with Crippen molar-refractivity contribution >= 4 is 31.4 Å². The summed E-state index contributed by atoms with van der Waals surface area (Å²) in [5, 5.41) is 2.99. The maximum atomic E-state index is 12.4. The largest absolute Gasteiger partial charge is 0.385 e. The van der Waals surface area contributed by atoms with E-state index in [2.05, 4.69) is 14.8 Å². The van der Waals surface area contributed by atoms with E-state index in [1.165, 1.54) is 0 Å². The molecule has 31 heavy (non-hydrogen) atoms. The minimum Gasteiger partial charge on any atom is -0.385 e. The maximum Gasteiger partial charge on any atom is 0.261 e. The Hall–Kier alpha value is -2.10. The molecule has 1 fully saturated rings. The van der Waals surface area contributed by atoms with Crippen molar-refractivity contribution in [2.24, 2.45) is 5.92 Å². The minimum atomic E-state index is -3.60. The second-order valence-corrected chi connectivity index (χ2v) is 12.3. The van der Waals surface area contributed by atoms with Gasteiger partial charge in [0, 0.05) is 24.0 Å². The molecular formula is C22H31N3O4S2. The van der Waals surface area contributed by atoms with Crippen LogP contribution in [0.5, 0.6) is 0 Å². The van der Waals surface area contributed by atoms with Crippen LogP contribution in [0.15, 0.2) is 59.5 Å². The zero-order valence-electron chi connectivity index (χ0n) is 17.9. The van der Waals surface area contributed by atoms with Gasteiger partial charge in [0.2, 0.25) is 10.0 Å². The van der Waals surface area contributed by atoms with Crippen molar-refractivity contribution in [1.82, 2.24) is 4.72 Å². The molecule has 170 valence electrons. The second-order valence-electron chi connectivity index (χ2n) is 8.31. The highest BCUT2D eigenvalue weighted by molar-refractivity contribution is 7.92. The summed E-state index contributed by atoms with van der Waals surface area (Å²) in [7, 11) is -6.82. The number of benzene rings is 2. The van der Waals surface area contributed by atoms with E-state index in [9.17, 15) is 16.8 Å². The van der Waals surface area contributed by atoms with Crippen LogP contribution in [0.3, 0.4) is 0 Å². The third kappa shape index (κ3) is 6.69. The van der Waals surface area contributed by atoms with Crippen molar-refractivity contribution in [2.45, 2.75) is 55.7 Å². The summed E-state index contributed by atoms with van der Waals surface area (Å²) in [6, 6.07) is 15.5. The van der Waals surface area contributed by atoms with Crippen LogP contribution < -0.4 is 14.8 Å². The fourth-order valence-electron chi connectivity index (χ4n) is 3.58. The third-order valence-electron chi connectivity index (χ3n) is 5.58. The molecule has 0 radical (unpaired) electrons. The Morgan fingerprint density at radius 1 is 0.839 bits per heavy atom. The number of hydrogen-bond acceptors (Lipinski definition) is 5. The van der Waals surface area contributed by atoms with E-state index < -0.39 is 25.3 Å². The first-order valence-electron chi connectivity index (χ1n) is 10.6. The molecule has 0 unspecified atom stereocenters. The van der Waals surface area contributed by atoms with Crippen LogP contribution in [0, 0.1) is 5.92 Å². The van der Waals surface area contributed by atoms with Crippen molar-refractivity contribution < 1.29 is 16.8 Å². The molecular weight excluding hydrogens is 434 g/mol. The van der Waals surface area contributed by atoms with Gasteiger partial charge in [-0.1, -0.05) is 18.2 Å². The van der Waals surface area contributed by atoms with Gasteiger partial charge in [-0.2, -0.15) is 0 Å². The van der Waals surface area contributed by atoms with Crippen LogP contribution >= 0.6 is 0 Å². The van der Waals surface area contributed by atoms with Crippen LogP contribution in [0.4, 0.5) is 11.4 Å². The Labute approximate surface area is 185 Å². The summed E-state index contributed by atoms with van der Waals surface area (Å²) in [6.45, 7) is 4.18. The van der Waals surface area contributed by atoms with Crippen molar-refractivity contribution in [3.05, 3.63) is 54.6 Å². The average molecular weight is 466 g/mol. The third-order valence-corrected chi connectivity index (χ3v) is 8.88. The Bertz CT molecular complexity index is 1050. The summed E-state index contributed by atoms with van der Waals surface area (Å²) >= 11 is 0. The quantitative estimate of drug-likeness (QED) is 0.523. The predicted octanol–water partition coefficient (Wildman–Crippen LogP) is 3.79. The first-order chi connectivity index (χ1) is 14.7. The normalized spacial score (nSPS) is 19.8. The Kier molecular flexibility index (Phi) is 7.61. The number of rotatable bonds is 9. The van der Waals surface area contributed by atoms with Crippen LogP contribution in [0.25, 0.3) is 0 Å². The molecule has 0 heterocycles. The molecule has 1 saturated carbocycles. The van der Waals surface area contributed by atoms with Gasteiger partial charge in [0.1, 0.15) is 0 Å². The van der Waals surface area contributed by atoms with Gasteiger partial charge in [-0.15, -0.1) is 0 Å². The first kappa shape index (κ1) is 23.6. The molecule has 0 aromatic heterocycles. The van der Waals surface area contributed by atoms with Gasteiger partial charge >= 0.3 is 0 Å². The van der Waals surface area contributed by atoms with E-state index in [0.717, 1.165) is 37.9 Å². The van der Waals surface area contributed by atoms with Crippen molar-refractivity contribution in [1.29, 1.82) is 0 Å². The molecule has 2 aromatic carbocycles. The smallest absolute Gasteiger partial charge is 0.261 e. The standard InChI is InChI=1S/C22H31N3O4S2/c1-17(2)30(26,27)24-20-10-8-18(9-11-20)16-23-19-12-14-21(15-13-19)25-31(28,29)22-6-4-3-5-7-22/h3-7,12-15,17-18,20,23-25H,8-11,16H2,1-2H3/t18-,20-. The summed E-state index contributed by atoms with van der Waals surface area (Å²) in [5.74, 6) is 0.482. The molecule has 0 atom stereocenters. The van der Waals surface area contributed by atoms with E-state index in [1.54, 1.807) is 56.3 Å². The van der Waals surface area contributed by atoms with Gasteiger partial charge in [0.05, 0.1) is 10.1 Å². The molecule has 0 saturated heterocycles. The highest BCUT2D eigenvalue weighted by atomic mass is 32.2. The molecule has 7 nitrogen and oxygen atoms in total. The Balaban J connectivity index is 1.46. The van der Waals surface area contributed by atoms with Gasteiger partial charge in [-0.25, -0.2) is 21.6 Å². The topological polar surface area (TPSA) is 104 Å². The molecule has 1 aliphatic carbocycles. The molecule has 0 spiro atoms. The average Bonchev–Trinajstić information content (AvgIpc) is 2.74. The summed E-state index contributed by atoms with van der Waals surface area (Å²) in [5.41, 5.74) is 1.43. The van der Waals surface area contributed by atoms with Crippen molar-refractivity contribution in [2.75, 3.05) is 16.6 Å². The monoisotopic (exact) mass is 465 g/mol. The first-order valence-corrected chi connectivity index (χ1v) is 13.6. The van der Waals surface area contributed by atoms with Crippen LogP contribution in [-0.4, -0.2) is 34.7 Å². The number of sulfonamides is 2. The SMILES string of the molecule is CC(C)S(=O)(=O)N[C@H]1CC[C@H](CNc2ccc(NS(=O)(=O)c3ccccc3)cc2)CC1. The zero-order valence-corrected chi connectivity index (χ0v) is 19.5. The number of hydrogen-bond donors (Lipinski definition) is 3. The lowest BCUT2D eigenvalue weighted by atomic mass is 9.86. The highest BCUT2D eigenvalue weighted by Crippen LogP contribution is 2.26. The fraction of sp³-hybridized carbons (Fsp3) is 0.455. The van der Waals surface area contributed by atoms with E-state index in [-0.39, 0.29) is 10.9 Å². The maximum absolute atomic E-state index is 12.4. The number of nitrogens with one attached hydrogen (secondary N) is 3. The van der Waals surface area contributed by atoms with E-state index in [0.29, 0.717) is 11.6 Å². The molecule has 3 rings (SSSR count). The van der Waals surface area contributed by atoms with Crippen molar-refractivity contribution in [3.63, 3.8) is 0 Å². The van der Waals surface area contributed by atoms with Crippen LogP contribution in [-0.2, 0) is 20.0 Å². The molecule has 1 aliphatic rings. The van der Waals surface area contributed by atoms with Gasteiger partial charge in [-0.05, 0) is 81.8 Å². The summed E-state index contributed by atoms with van der Waals surface area (Å²) < 4.78 is 54.2. The highest BCUT2D eigenvalue weighted by Gasteiger charge is 2.26. The summed E-state index contributed by atoms with van der Waals surface area (Å²) in [6.07, 6.45) is 3.62. The predicted molar refractivity (Wildman–Crippen MR) is 125 cm³/mol. The summed E-state index contributed by atoms with van der Waals surface area (Å²) in [4.78, 5) is 0.225. The lowest BCUT2D eigenvalue weighted by Crippen LogP contribution is -2.41. The lowest BCUT2D eigenvalue weighted by Gasteiger charge is -2.29. The van der Waals surface area contributed by atoms with Gasteiger partial charge in [-0.3, -0.25) is 4.72 Å². The lowest BCUT2D eigenvalue weighted by molar-refractivity contribution is 0.323. The number of anilines is 2. The van der Waals surface area contributed by atoms with E-state index >= 15 is 0 Å². The fourth-order valence-corrected chi connectivity index (χ4v) is 5.64. The molecule has 0 amide bonds. The van der Waals surface area contributed by atoms with E-state index in [1.807, 2.05) is 12.1 Å². The van der Waals surface area contributed by atoms with E-state index in [4.69, 9.17) is 0 Å². The molecule has 0 aliphatic heterocycles. The minimum absolute atomic E-state index is 0.0283. The molecule has 0 bridgehead atoms. The molecule has 2 aromatic rings. The molecule has 3 N–H and O–H groups in total. The van der Waals surface area contributed by atoms with Gasteiger partial charge in [0.15, 0.2) is 0 Å². The zero-order chi connectivity index (χ0) is 22.5. The van der Waals surface area contributed by atoms with Gasteiger partial charge in [0.25, 0.3) is 10.0 Å².